The Morgan fingerprint density at radius 2 is 1.48 bits per heavy atom. The molecule has 1 heterocycles. The highest BCUT2D eigenvalue weighted by Gasteiger charge is 2.24. The molecule has 23 heavy (non-hydrogen) atoms. The van der Waals surface area contributed by atoms with Crippen LogP contribution in [-0.2, 0) is 4.74 Å². The second-order valence-corrected chi connectivity index (χ2v) is 7.85. The lowest BCUT2D eigenvalue weighted by Crippen LogP contribution is -2.20. The van der Waals surface area contributed by atoms with Gasteiger partial charge in [-0.05, 0) is 73.8 Å². The molecule has 2 unspecified atom stereocenters. The number of rotatable bonds is 5. The quantitative estimate of drug-likeness (QED) is 0.592. The van der Waals surface area contributed by atoms with Crippen LogP contribution >= 0.6 is 0 Å². The fourth-order valence-corrected chi connectivity index (χ4v) is 4.59. The Labute approximate surface area is 142 Å². The second kappa shape index (κ2) is 8.33. The lowest BCUT2D eigenvalue weighted by atomic mass is 9.77. The molecule has 1 heteroatoms. The van der Waals surface area contributed by atoms with E-state index in [1.54, 1.807) is 5.56 Å². The highest BCUT2D eigenvalue weighted by molar-refractivity contribution is 5.27. The number of hydrogen-bond acceptors (Lipinski definition) is 1. The average molecular weight is 315 g/mol. The van der Waals surface area contributed by atoms with Gasteiger partial charge in [-0.25, -0.2) is 0 Å². The van der Waals surface area contributed by atoms with Crippen LogP contribution in [0.4, 0.5) is 0 Å². The second-order valence-electron chi connectivity index (χ2n) is 7.85. The maximum absolute atomic E-state index is 6.14. The molecule has 1 saturated carbocycles. The Kier molecular flexibility index (Phi) is 6.16. The molecule has 2 aliphatic rings. The van der Waals surface area contributed by atoms with Crippen LogP contribution in [0, 0.1) is 11.8 Å². The van der Waals surface area contributed by atoms with E-state index in [4.69, 9.17) is 4.74 Å². The molecule has 1 saturated heterocycles. The van der Waals surface area contributed by atoms with Crippen molar-refractivity contribution in [1.82, 2.24) is 0 Å². The van der Waals surface area contributed by atoms with Gasteiger partial charge in [-0.2, -0.15) is 0 Å². The van der Waals surface area contributed by atoms with E-state index in [9.17, 15) is 0 Å². The van der Waals surface area contributed by atoms with Gasteiger partial charge >= 0.3 is 0 Å². The fraction of sp³-hybridized carbons (Fsp3) is 0.727. The van der Waals surface area contributed by atoms with Gasteiger partial charge in [0, 0.05) is 0 Å². The van der Waals surface area contributed by atoms with Crippen LogP contribution in [0.1, 0.15) is 94.8 Å². The third-order valence-electron chi connectivity index (χ3n) is 6.27. The van der Waals surface area contributed by atoms with Crippen LogP contribution in [0.3, 0.4) is 0 Å². The van der Waals surface area contributed by atoms with Gasteiger partial charge in [0.15, 0.2) is 0 Å². The van der Waals surface area contributed by atoms with Gasteiger partial charge in [0.05, 0.1) is 12.7 Å². The fourth-order valence-electron chi connectivity index (χ4n) is 4.59. The summed E-state index contributed by atoms with van der Waals surface area (Å²) in [6.45, 7) is 5.58. The summed E-state index contributed by atoms with van der Waals surface area (Å²) in [5.74, 6) is 2.58. The van der Waals surface area contributed by atoms with Crippen molar-refractivity contribution in [3.05, 3.63) is 35.4 Å². The zero-order valence-electron chi connectivity index (χ0n) is 15.1. The standard InChI is InChI=1S/C22H34O/c1-3-5-18-8-15-22(23-16-18)21-13-11-20(12-14-21)19-9-6-17(4-2)7-10-19/h11-14,17-19,22H,3-10,15-16H2,1-2H3. The minimum atomic E-state index is 0.341. The molecule has 3 rings (SSSR count). The molecule has 0 aromatic heterocycles. The summed E-state index contributed by atoms with van der Waals surface area (Å²) in [4.78, 5) is 0. The summed E-state index contributed by atoms with van der Waals surface area (Å²) in [6.07, 6.45) is 12.5. The van der Waals surface area contributed by atoms with Gasteiger partial charge in [0.25, 0.3) is 0 Å². The van der Waals surface area contributed by atoms with Crippen molar-refractivity contribution in [2.45, 2.75) is 83.7 Å². The van der Waals surface area contributed by atoms with Gasteiger partial charge in [-0.3, -0.25) is 0 Å². The molecule has 0 radical (unpaired) electrons. The Morgan fingerprint density at radius 3 is 2.04 bits per heavy atom. The Morgan fingerprint density at radius 1 is 0.826 bits per heavy atom. The molecule has 128 valence electrons. The molecular weight excluding hydrogens is 280 g/mol. The van der Waals surface area contributed by atoms with Gasteiger partial charge < -0.3 is 4.74 Å². The van der Waals surface area contributed by atoms with Crippen LogP contribution in [-0.4, -0.2) is 6.61 Å². The largest absolute Gasteiger partial charge is 0.373 e. The van der Waals surface area contributed by atoms with Crippen molar-refractivity contribution < 1.29 is 4.74 Å². The van der Waals surface area contributed by atoms with Crippen molar-refractivity contribution in [3.63, 3.8) is 0 Å². The van der Waals surface area contributed by atoms with Gasteiger partial charge in [0.1, 0.15) is 0 Å². The maximum Gasteiger partial charge on any atom is 0.0825 e. The molecule has 0 spiro atoms. The van der Waals surface area contributed by atoms with Crippen molar-refractivity contribution in [3.8, 4) is 0 Å². The summed E-state index contributed by atoms with van der Waals surface area (Å²) in [5.41, 5.74) is 2.95. The van der Waals surface area contributed by atoms with Crippen LogP contribution in [0.5, 0.6) is 0 Å². The average Bonchev–Trinajstić information content (AvgIpc) is 2.63. The van der Waals surface area contributed by atoms with Crippen LogP contribution in [0.25, 0.3) is 0 Å². The van der Waals surface area contributed by atoms with Crippen LogP contribution < -0.4 is 0 Å². The van der Waals surface area contributed by atoms with E-state index >= 15 is 0 Å². The van der Waals surface area contributed by atoms with Gasteiger partial charge in [-0.1, -0.05) is 51.0 Å². The SMILES string of the molecule is CCCC1CCC(c2ccc(C3CCC(CC)CC3)cc2)OC1. The number of benzene rings is 1. The molecule has 1 nitrogen and oxygen atoms in total. The molecule has 0 amide bonds. The molecule has 0 bridgehead atoms. The van der Waals surface area contributed by atoms with Crippen LogP contribution in [0.15, 0.2) is 24.3 Å². The van der Waals surface area contributed by atoms with Crippen molar-refractivity contribution in [1.29, 1.82) is 0 Å². The first-order valence-electron chi connectivity index (χ1n) is 10.0. The van der Waals surface area contributed by atoms with E-state index in [0.29, 0.717) is 6.10 Å². The topological polar surface area (TPSA) is 9.23 Å². The van der Waals surface area contributed by atoms with E-state index in [0.717, 1.165) is 24.4 Å². The summed E-state index contributed by atoms with van der Waals surface area (Å²) >= 11 is 0. The molecule has 2 atom stereocenters. The molecule has 1 aromatic carbocycles. The zero-order chi connectivity index (χ0) is 16.1. The smallest absolute Gasteiger partial charge is 0.0825 e. The molecule has 1 aromatic rings. The molecule has 1 aliphatic heterocycles. The van der Waals surface area contributed by atoms with E-state index in [2.05, 4.69) is 38.1 Å². The Balaban J connectivity index is 1.53. The van der Waals surface area contributed by atoms with Crippen molar-refractivity contribution in [2.24, 2.45) is 11.8 Å². The van der Waals surface area contributed by atoms with Gasteiger partial charge in [-0.15, -0.1) is 0 Å². The van der Waals surface area contributed by atoms with Crippen molar-refractivity contribution in [2.75, 3.05) is 6.61 Å². The number of ether oxygens (including phenoxy) is 1. The summed E-state index contributed by atoms with van der Waals surface area (Å²) in [6, 6.07) is 9.44. The van der Waals surface area contributed by atoms with E-state index in [1.165, 1.54) is 63.4 Å². The lowest BCUT2D eigenvalue weighted by molar-refractivity contribution is -0.0194. The van der Waals surface area contributed by atoms with Crippen LogP contribution in [0.2, 0.25) is 0 Å². The first kappa shape index (κ1) is 17.0. The zero-order valence-corrected chi connectivity index (χ0v) is 15.1. The number of hydrogen-bond donors (Lipinski definition) is 0. The van der Waals surface area contributed by atoms with Gasteiger partial charge in [0.2, 0.25) is 0 Å². The van der Waals surface area contributed by atoms with E-state index in [-0.39, 0.29) is 0 Å². The molecular formula is C22H34O. The first-order valence-corrected chi connectivity index (χ1v) is 10.0. The first-order chi connectivity index (χ1) is 11.3. The predicted octanol–water partition coefficient (Wildman–Crippen LogP) is 6.64. The minimum Gasteiger partial charge on any atom is -0.373 e. The summed E-state index contributed by atoms with van der Waals surface area (Å²) in [5, 5.41) is 0. The highest BCUT2D eigenvalue weighted by Crippen LogP contribution is 2.38. The van der Waals surface area contributed by atoms with E-state index < -0.39 is 0 Å². The Bertz CT molecular complexity index is 447. The lowest BCUT2D eigenvalue weighted by Gasteiger charge is -2.30. The predicted molar refractivity (Wildman–Crippen MR) is 97.8 cm³/mol. The third kappa shape index (κ3) is 4.38. The summed E-state index contributed by atoms with van der Waals surface area (Å²) < 4.78 is 6.14. The summed E-state index contributed by atoms with van der Waals surface area (Å²) in [7, 11) is 0. The van der Waals surface area contributed by atoms with E-state index in [1.807, 2.05) is 0 Å². The molecule has 1 aliphatic carbocycles. The molecule has 2 fully saturated rings. The Hall–Kier alpha value is -0.820. The van der Waals surface area contributed by atoms with Crippen molar-refractivity contribution >= 4 is 0 Å². The minimum absolute atomic E-state index is 0.341. The third-order valence-corrected chi connectivity index (χ3v) is 6.27. The normalized spacial score (nSPS) is 31.9. The highest BCUT2D eigenvalue weighted by atomic mass is 16.5. The maximum atomic E-state index is 6.14. The monoisotopic (exact) mass is 314 g/mol. The molecule has 0 N–H and O–H groups in total.